The molecule has 0 aliphatic rings. The summed E-state index contributed by atoms with van der Waals surface area (Å²) in [6, 6.07) is 0. The third kappa shape index (κ3) is 19.2. The van der Waals surface area contributed by atoms with Crippen LogP contribution < -0.4 is 0 Å². The van der Waals surface area contributed by atoms with E-state index in [-0.39, 0.29) is 97.9 Å². The van der Waals surface area contributed by atoms with Crippen LogP contribution in [0, 0.1) is 0 Å². The number of rotatable bonds is 0. The van der Waals surface area contributed by atoms with Crippen molar-refractivity contribution in [2.24, 2.45) is 0 Å². The maximum Gasteiger partial charge on any atom is 0 e. The Morgan fingerprint density at radius 1 is 0.400 bits per heavy atom. The van der Waals surface area contributed by atoms with E-state index in [0.29, 0.717) is 0 Å². The van der Waals surface area contributed by atoms with Gasteiger partial charge in [0, 0.05) is 97.9 Å². The van der Waals surface area contributed by atoms with Gasteiger partial charge >= 0.3 is 0 Å². The largest absolute Gasteiger partial charge is 0 e. The summed E-state index contributed by atoms with van der Waals surface area (Å²) >= 11 is 0. The Morgan fingerprint density at radius 2 is 0.400 bits per heavy atom. The van der Waals surface area contributed by atoms with Gasteiger partial charge in [0.05, 0.1) is 0 Å². The second kappa shape index (κ2) is 27.3. The Bertz CT molecular complexity index is 4.85. The Kier molecular flexibility index (Phi) is 231. The van der Waals surface area contributed by atoms with E-state index in [1.165, 1.54) is 0 Å². The summed E-state index contributed by atoms with van der Waals surface area (Å²) in [5, 5.41) is 0. The molecule has 0 saturated heterocycles. The molecule has 0 heterocycles. The maximum atomic E-state index is 0. The van der Waals surface area contributed by atoms with Crippen LogP contribution in [0.25, 0.3) is 0 Å². The zero-order valence-corrected chi connectivity index (χ0v) is 11.2. The molecule has 0 atom stereocenters. The Labute approximate surface area is 96.3 Å². The predicted octanol–water partition coefficient (Wildman–Crippen LogP) is -0.769. The summed E-state index contributed by atoms with van der Waals surface area (Å²) in [5.74, 6) is 0. The van der Waals surface area contributed by atoms with E-state index in [2.05, 4.69) is 0 Å². The molecule has 0 saturated carbocycles. The summed E-state index contributed by atoms with van der Waals surface area (Å²) in [4.78, 5) is 0. The van der Waals surface area contributed by atoms with Crippen molar-refractivity contribution in [2.75, 3.05) is 0 Å². The van der Waals surface area contributed by atoms with Crippen molar-refractivity contribution < 1.29 is 63.2 Å². The van der Waals surface area contributed by atoms with E-state index in [0.717, 1.165) is 0 Å². The van der Waals surface area contributed by atoms with Crippen molar-refractivity contribution in [3.05, 3.63) is 0 Å². The van der Waals surface area contributed by atoms with Gasteiger partial charge in [-0.25, -0.2) is 0 Å². The molecular weight excluding hydrogens is 639 g/mol. The summed E-state index contributed by atoms with van der Waals surface area (Å²) in [6.45, 7) is 0. The third-order valence-corrected chi connectivity index (χ3v) is 0. The SMILES string of the molecule is [Al].[Al].[Pt].[Pt].[Pt]. The van der Waals surface area contributed by atoms with Crippen LogP contribution in [0.2, 0.25) is 0 Å². The van der Waals surface area contributed by atoms with Gasteiger partial charge in [-0.2, -0.15) is 0 Å². The predicted molar refractivity (Wildman–Crippen MR) is 11.5 cm³/mol. The molecule has 0 N–H and O–H groups in total. The molecule has 0 spiro atoms. The summed E-state index contributed by atoms with van der Waals surface area (Å²) in [5.41, 5.74) is 0. The molecule has 0 aromatic carbocycles. The maximum absolute atomic E-state index is 0. The zero-order valence-electron chi connectivity index (χ0n) is 2.10. The topological polar surface area (TPSA) is 0 Å². The van der Waals surface area contributed by atoms with Crippen molar-refractivity contribution in [3.63, 3.8) is 0 Å². The van der Waals surface area contributed by atoms with Gasteiger partial charge in [0.15, 0.2) is 0 Å². The van der Waals surface area contributed by atoms with Crippen LogP contribution in [0.4, 0.5) is 0 Å². The summed E-state index contributed by atoms with van der Waals surface area (Å²) in [7, 11) is 0. The fraction of sp³-hybridized carbons (Fsp3) is 0. The smallest absolute Gasteiger partial charge is 0 e. The quantitative estimate of drug-likeness (QED) is 0.306. The van der Waals surface area contributed by atoms with Crippen molar-refractivity contribution in [2.45, 2.75) is 0 Å². The van der Waals surface area contributed by atoms with E-state index >= 15 is 0 Å². The summed E-state index contributed by atoms with van der Waals surface area (Å²) < 4.78 is 0. The third-order valence-electron chi connectivity index (χ3n) is 0. The molecule has 6 radical (unpaired) electrons. The fourth-order valence-electron chi connectivity index (χ4n) is 0. The van der Waals surface area contributed by atoms with Crippen molar-refractivity contribution in [3.8, 4) is 0 Å². The molecule has 0 aromatic rings. The van der Waals surface area contributed by atoms with Crippen LogP contribution >= 0.6 is 0 Å². The molecular formula is Al2Pt3. The van der Waals surface area contributed by atoms with Gasteiger partial charge in [-0.15, -0.1) is 0 Å². The van der Waals surface area contributed by atoms with Crippen LogP contribution in [0.1, 0.15) is 0 Å². The van der Waals surface area contributed by atoms with E-state index in [4.69, 9.17) is 0 Å². The van der Waals surface area contributed by atoms with Gasteiger partial charge in [0.2, 0.25) is 0 Å². The van der Waals surface area contributed by atoms with E-state index in [9.17, 15) is 0 Å². The van der Waals surface area contributed by atoms with E-state index < -0.39 is 0 Å². The van der Waals surface area contributed by atoms with Crippen LogP contribution in [-0.2, 0) is 63.2 Å². The Morgan fingerprint density at radius 3 is 0.400 bits per heavy atom. The fourth-order valence-corrected chi connectivity index (χ4v) is 0. The molecule has 36 valence electrons. The second-order valence-corrected chi connectivity index (χ2v) is 0. The van der Waals surface area contributed by atoms with Crippen LogP contribution in [0.3, 0.4) is 0 Å². The molecule has 0 aliphatic carbocycles. The monoisotopic (exact) mass is 639 g/mol. The molecule has 0 aromatic heterocycles. The Hall–Kier alpha value is 3.13. The van der Waals surface area contributed by atoms with Gasteiger partial charge in [0.1, 0.15) is 0 Å². The first kappa shape index (κ1) is 42.2. The van der Waals surface area contributed by atoms with Gasteiger partial charge < -0.3 is 0 Å². The number of hydrogen-bond donors (Lipinski definition) is 0. The van der Waals surface area contributed by atoms with E-state index in [1.807, 2.05) is 0 Å². The molecule has 0 amide bonds. The molecule has 0 aliphatic heterocycles. The first-order valence-electron chi connectivity index (χ1n) is 0. The van der Waals surface area contributed by atoms with Crippen LogP contribution in [0.5, 0.6) is 0 Å². The molecule has 0 fully saturated rings. The minimum absolute atomic E-state index is 0. The normalized spacial score (nSPS) is 0. The van der Waals surface area contributed by atoms with Crippen LogP contribution in [-0.4, -0.2) is 34.7 Å². The van der Waals surface area contributed by atoms with Gasteiger partial charge in [-0.1, -0.05) is 0 Å². The van der Waals surface area contributed by atoms with Gasteiger partial charge in [-0.05, 0) is 0 Å². The minimum Gasteiger partial charge on any atom is 0 e. The van der Waals surface area contributed by atoms with Crippen LogP contribution in [0.15, 0.2) is 0 Å². The van der Waals surface area contributed by atoms with E-state index in [1.54, 1.807) is 0 Å². The minimum atomic E-state index is 0. The number of hydrogen-bond acceptors (Lipinski definition) is 0. The average Bonchev–Trinajstić information content (AvgIpc) is 0. The molecule has 0 bridgehead atoms. The van der Waals surface area contributed by atoms with Crippen molar-refractivity contribution in [1.82, 2.24) is 0 Å². The molecule has 0 nitrogen and oxygen atoms in total. The molecule has 5 heteroatoms. The first-order valence-corrected chi connectivity index (χ1v) is 0. The second-order valence-electron chi connectivity index (χ2n) is 0. The zero-order chi connectivity index (χ0) is 0. The molecule has 5 heavy (non-hydrogen) atoms. The van der Waals surface area contributed by atoms with Crippen molar-refractivity contribution in [1.29, 1.82) is 0 Å². The van der Waals surface area contributed by atoms with Gasteiger partial charge in [-0.3, -0.25) is 0 Å². The first-order chi connectivity index (χ1) is 0. The standard InChI is InChI=1S/2Al.3Pt. The molecule has 0 unspecified atom stereocenters. The van der Waals surface area contributed by atoms with Gasteiger partial charge in [0.25, 0.3) is 0 Å². The van der Waals surface area contributed by atoms with Crippen molar-refractivity contribution >= 4 is 34.7 Å². The summed E-state index contributed by atoms with van der Waals surface area (Å²) in [6.07, 6.45) is 0. The average molecular weight is 639 g/mol. The Balaban J connectivity index is 0. The molecule has 0 rings (SSSR count).